The zero-order valence-electron chi connectivity index (χ0n) is 14.4. The Kier molecular flexibility index (Phi) is 5.71. The van der Waals surface area contributed by atoms with Crippen LogP contribution in [0.1, 0.15) is 21.9 Å². The average molecular weight is 452 g/mol. The third-order valence-electron chi connectivity index (χ3n) is 3.71. The van der Waals surface area contributed by atoms with Crippen LogP contribution in [0, 0.1) is 0 Å². The van der Waals surface area contributed by atoms with E-state index in [0.717, 1.165) is 26.7 Å². The van der Waals surface area contributed by atoms with E-state index >= 15 is 0 Å². The van der Waals surface area contributed by atoms with Crippen LogP contribution in [0.4, 0.5) is 4.79 Å². The normalized spacial score (nSPS) is 15.5. The summed E-state index contributed by atoms with van der Waals surface area (Å²) >= 11 is 4.23. The van der Waals surface area contributed by atoms with Crippen LogP contribution in [0.25, 0.3) is 6.08 Å². The molecule has 2 amide bonds. The van der Waals surface area contributed by atoms with Gasteiger partial charge in [-0.2, -0.15) is 0 Å². The van der Waals surface area contributed by atoms with Gasteiger partial charge in [0.1, 0.15) is 11.5 Å². The zero-order chi connectivity index (χ0) is 19.6. The molecule has 2 heterocycles. The molecule has 0 radical (unpaired) electrons. The molecule has 1 aliphatic rings. The van der Waals surface area contributed by atoms with Crippen molar-refractivity contribution in [1.29, 1.82) is 0 Å². The van der Waals surface area contributed by atoms with Crippen LogP contribution >= 0.6 is 27.7 Å². The van der Waals surface area contributed by atoms with E-state index in [2.05, 4.69) is 20.7 Å². The smallest absolute Gasteiger partial charge is 0.373 e. The van der Waals surface area contributed by atoms with Crippen molar-refractivity contribution in [3.63, 3.8) is 0 Å². The van der Waals surface area contributed by atoms with Gasteiger partial charge in [0.15, 0.2) is 0 Å². The van der Waals surface area contributed by atoms with E-state index < -0.39 is 17.1 Å². The fraction of sp³-hybridized carbons (Fsp3) is 0.167. The lowest BCUT2D eigenvalue weighted by Gasteiger charge is -2.10. The number of rotatable bonds is 5. The maximum Gasteiger partial charge on any atom is 0.373 e. The first kappa shape index (κ1) is 19.2. The largest absolute Gasteiger partial charge is 0.496 e. The lowest BCUT2D eigenvalue weighted by atomic mass is 10.2. The first-order valence-corrected chi connectivity index (χ1v) is 9.30. The number of benzene rings is 1. The Hall–Kier alpha value is -2.52. The third-order valence-corrected chi connectivity index (χ3v) is 5.24. The molecule has 140 valence electrons. The van der Waals surface area contributed by atoms with Crippen molar-refractivity contribution in [2.45, 2.75) is 6.54 Å². The van der Waals surface area contributed by atoms with E-state index in [1.165, 1.54) is 19.2 Å². The fourth-order valence-electron chi connectivity index (χ4n) is 2.39. The van der Waals surface area contributed by atoms with Gasteiger partial charge in [0.25, 0.3) is 11.1 Å². The number of hydrogen-bond donors (Lipinski definition) is 0. The average Bonchev–Trinajstić information content (AvgIpc) is 3.22. The number of carbonyl (C=O) groups excluding carboxylic acids is 3. The number of halogens is 1. The van der Waals surface area contributed by atoms with Gasteiger partial charge in [-0.15, -0.1) is 0 Å². The number of nitrogens with zero attached hydrogens (tertiary/aromatic N) is 1. The number of amides is 2. The van der Waals surface area contributed by atoms with Crippen LogP contribution in [0.2, 0.25) is 0 Å². The molecular formula is C18H14BrNO6S. The number of methoxy groups -OCH3 is 2. The van der Waals surface area contributed by atoms with E-state index in [0.29, 0.717) is 16.4 Å². The molecule has 0 aliphatic carbocycles. The highest BCUT2D eigenvalue weighted by atomic mass is 79.9. The first-order valence-electron chi connectivity index (χ1n) is 7.69. The molecule has 9 heteroatoms. The minimum Gasteiger partial charge on any atom is -0.496 e. The summed E-state index contributed by atoms with van der Waals surface area (Å²) in [5.74, 6) is -0.0583. The highest BCUT2D eigenvalue weighted by molar-refractivity contribution is 9.10. The minimum atomic E-state index is -0.625. The van der Waals surface area contributed by atoms with Gasteiger partial charge < -0.3 is 13.9 Å². The zero-order valence-corrected chi connectivity index (χ0v) is 16.8. The standard InChI is InChI=1S/C18H14BrNO6S/c1-24-13-5-3-10(7-12(13)19)8-15-16(21)20(18(23)27-15)9-11-4-6-14(26-11)17(22)25-2/h3-8H,9H2,1-2H3. The number of thioether (sulfide) groups is 1. The van der Waals surface area contributed by atoms with Gasteiger partial charge in [-0.1, -0.05) is 6.07 Å². The van der Waals surface area contributed by atoms with Crippen molar-refractivity contribution in [2.24, 2.45) is 0 Å². The molecule has 1 aliphatic heterocycles. The Morgan fingerprint density at radius 1 is 1.26 bits per heavy atom. The molecule has 7 nitrogen and oxygen atoms in total. The molecule has 1 saturated heterocycles. The van der Waals surface area contributed by atoms with Gasteiger partial charge >= 0.3 is 5.97 Å². The molecule has 1 fully saturated rings. The van der Waals surface area contributed by atoms with Crippen molar-refractivity contribution in [1.82, 2.24) is 4.90 Å². The van der Waals surface area contributed by atoms with Gasteiger partial charge in [0, 0.05) is 0 Å². The van der Waals surface area contributed by atoms with Crippen LogP contribution in [-0.2, 0) is 16.1 Å². The van der Waals surface area contributed by atoms with E-state index in [4.69, 9.17) is 9.15 Å². The summed E-state index contributed by atoms with van der Waals surface area (Å²) in [6.07, 6.45) is 1.64. The summed E-state index contributed by atoms with van der Waals surface area (Å²) in [5, 5.41) is -0.408. The summed E-state index contributed by atoms with van der Waals surface area (Å²) in [7, 11) is 2.80. The summed E-state index contributed by atoms with van der Waals surface area (Å²) in [6.45, 7) is -0.0642. The van der Waals surface area contributed by atoms with E-state index in [1.807, 2.05) is 0 Å². The number of furan rings is 1. The Morgan fingerprint density at radius 2 is 2.04 bits per heavy atom. The van der Waals surface area contributed by atoms with Crippen LogP contribution in [0.5, 0.6) is 5.75 Å². The van der Waals surface area contributed by atoms with Crippen molar-refractivity contribution in [2.75, 3.05) is 14.2 Å². The Labute approximate surface area is 167 Å². The molecule has 0 spiro atoms. The highest BCUT2D eigenvalue weighted by Crippen LogP contribution is 2.34. The molecule has 0 N–H and O–H groups in total. The van der Waals surface area contributed by atoms with E-state index in [9.17, 15) is 14.4 Å². The molecule has 0 bridgehead atoms. The van der Waals surface area contributed by atoms with Crippen LogP contribution in [0.3, 0.4) is 0 Å². The maximum atomic E-state index is 12.6. The fourth-order valence-corrected chi connectivity index (χ4v) is 3.79. The molecule has 0 atom stereocenters. The van der Waals surface area contributed by atoms with Gasteiger partial charge in [0.05, 0.1) is 30.1 Å². The number of imide groups is 1. The number of esters is 1. The van der Waals surface area contributed by atoms with Crippen molar-refractivity contribution in [3.05, 3.63) is 56.8 Å². The summed E-state index contributed by atoms with van der Waals surface area (Å²) in [6, 6.07) is 8.30. The molecular weight excluding hydrogens is 438 g/mol. The second kappa shape index (κ2) is 8.01. The van der Waals surface area contributed by atoms with E-state index in [1.54, 1.807) is 31.4 Å². The summed E-state index contributed by atoms with van der Waals surface area (Å²) in [4.78, 5) is 37.6. The summed E-state index contributed by atoms with van der Waals surface area (Å²) < 4.78 is 15.8. The minimum absolute atomic E-state index is 0.0121. The maximum absolute atomic E-state index is 12.6. The van der Waals surface area contributed by atoms with Crippen LogP contribution in [0.15, 0.2) is 44.1 Å². The second-order valence-electron chi connectivity index (χ2n) is 5.42. The van der Waals surface area contributed by atoms with Gasteiger partial charge in [-0.25, -0.2) is 4.79 Å². The lowest BCUT2D eigenvalue weighted by molar-refractivity contribution is -0.123. The molecule has 2 aromatic rings. The highest BCUT2D eigenvalue weighted by Gasteiger charge is 2.35. The van der Waals surface area contributed by atoms with Crippen molar-refractivity contribution < 1.29 is 28.3 Å². The SMILES string of the molecule is COC(=O)c1ccc(CN2C(=O)SC(=Cc3ccc(OC)c(Br)c3)C2=O)o1. The Morgan fingerprint density at radius 3 is 2.70 bits per heavy atom. The van der Waals surface area contributed by atoms with Gasteiger partial charge in [0.2, 0.25) is 5.76 Å². The number of carbonyl (C=O) groups is 3. The number of hydrogen-bond acceptors (Lipinski definition) is 7. The molecule has 27 heavy (non-hydrogen) atoms. The topological polar surface area (TPSA) is 86.0 Å². The molecule has 3 rings (SSSR count). The van der Waals surface area contributed by atoms with E-state index in [-0.39, 0.29) is 12.3 Å². The van der Waals surface area contributed by atoms with Gasteiger partial charge in [-0.3, -0.25) is 14.5 Å². The first-order chi connectivity index (χ1) is 12.9. The molecule has 0 saturated carbocycles. The summed E-state index contributed by atoms with van der Waals surface area (Å²) in [5.41, 5.74) is 0.749. The lowest BCUT2D eigenvalue weighted by Crippen LogP contribution is -2.27. The molecule has 1 aromatic carbocycles. The quantitative estimate of drug-likeness (QED) is 0.499. The van der Waals surface area contributed by atoms with Gasteiger partial charge in [-0.05, 0) is 63.6 Å². The molecule has 0 unspecified atom stereocenters. The van der Waals surface area contributed by atoms with Crippen LogP contribution in [-0.4, -0.2) is 36.2 Å². The molecule has 1 aromatic heterocycles. The van der Waals surface area contributed by atoms with Crippen LogP contribution < -0.4 is 4.74 Å². The second-order valence-corrected chi connectivity index (χ2v) is 7.27. The Balaban J connectivity index is 1.77. The predicted octanol–water partition coefficient (Wildman–Crippen LogP) is 4.07. The van der Waals surface area contributed by atoms with Crippen molar-refractivity contribution in [3.8, 4) is 5.75 Å². The van der Waals surface area contributed by atoms with Crippen molar-refractivity contribution >= 4 is 50.9 Å². The monoisotopic (exact) mass is 451 g/mol. The Bertz CT molecular complexity index is 951. The third kappa shape index (κ3) is 4.09. The predicted molar refractivity (Wildman–Crippen MR) is 102 cm³/mol. The number of ether oxygens (including phenoxy) is 2.